The van der Waals surface area contributed by atoms with Crippen LogP contribution in [0.5, 0.6) is 0 Å². The Morgan fingerprint density at radius 1 is 1.53 bits per heavy atom. The molecule has 1 aromatic carbocycles. The molecule has 0 radical (unpaired) electrons. The molecule has 1 aliphatic heterocycles. The van der Waals surface area contributed by atoms with Gasteiger partial charge in [0.1, 0.15) is 11.6 Å². The topological polar surface area (TPSA) is 102 Å². The average molecular weight is 266 g/mol. The molecule has 1 aliphatic rings. The quantitative estimate of drug-likeness (QED) is 0.631. The van der Waals surface area contributed by atoms with Crippen molar-refractivity contribution in [3.63, 3.8) is 0 Å². The fourth-order valence-electron chi connectivity index (χ4n) is 2.05. The molecular weight excluding hydrogens is 252 g/mol. The Balaban J connectivity index is 2.23. The van der Waals surface area contributed by atoms with Crippen LogP contribution in [0.25, 0.3) is 0 Å². The van der Waals surface area contributed by atoms with E-state index in [1.807, 2.05) is 0 Å². The second-order valence-corrected chi connectivity index (χ2v) is 4.51. The molecule has 7 heteroatoms. The summed E-state index contributed by atoms with van der Waals surface area (Å²) in [5, 5.41) is 22.9. The Hall–Kier alpha value is -2.15. The van der Waals surface area contributed by atoms with Crippen LogP contribution in [-0.2, 0) is 9.53 Å². The van der Waals surface area contributed by atoms with Gasteiger partial charge >= 0.3 is 5.97 Å². The van der Waals surface area contributed by atoms with Crippen LogP contribution < -0.4 is 5.32 Å². The van der Waals surface area contributed by atoms with Crippen molar-refractivity contribution in [1.82, 2.24) is 0 Å². The fraction of sp³-hybridized carbons (Fsp3) is 0.417. The Labute approximate surface area is 109 Å². The normalized spacial score (nSPS) is 22.2. The van der Waals surface area contributed by atoms with Crippen molar-refractivity contribution in [2.75, 3.05) is 18.5 Å². The van der Waals surface area contributed by atoms with Crippen molar-refractivity contribution in [3.8, 4) is 0 Å². The summed E-state index contributed by atoms with van der Waals surface area (Å²) in [5.41, 5.74) is 1.03. The molecule has 2 rings (SSSR count). The molecule has 2 atom stereocenters. The van der Waals surface area contributed by atoms with Crippen molar-refractivity contribution in [2.24, 2.45) is 5.92 Å². The lowest BCUT2D eigenvalue weighted by Crippen LogP contribution is -2.33. The molecule has 1 saturated heterocycles. The van der Waals surface area contributed by atoms with Gasteiger partial charge in [-0.1, -0.05) is 6.07 Å². The van der Waals surface area contributed by atoms with E-state index < -0.39 is 22.9 Å². The summed E-state index contributed by atoms with van der Waals surface area (Å²) in [4.78, 5) is 21.5. The van der Waals surface area contributed by atoms with Crippen LogP contribution in [0.15, 0.2) is 18.2 Å². The molecule has 0 amide bonds. The van der Waals surface area contributed by atoms with Gasteiger partial charge in [-0.05, 0) is 18.6 Å². The van der Waals surface area contributed by atoms with Gasteiger partial charge in [0.2, 0.25) is 0 Å². The molecule has 1 aromatic rings. The van der Waals surface area contributed by atoms with Crippen LogP contribution in [0.2, 0.25) is 0 Å². The molecule has 1 fully saturated rings. The molecule has 0 bridgehead atoms. The van der Waals surface area contributed by atoms with Crippen molar-refractivity contribution in [2.45, 2.75) is 13.0 Å². The summed E-state index contributed by atoms with van der Waals surface area (Å²) >= 11 is 0. The lowest BCUT2D eigenvalue weighted by Gasteiger charge is -2.17. The number of nitro groups is 1. The van der Waals surface area contributed by atoms with E-state index in [9.17, 15) is 14.9 Å². The summed E-state index contributed by atoms with van der Waals surface area (Å²) in [6, 6.07) is 4.32. The second-order valence-electron chi connectivity index (χ2n) is 4.51. The van der Waals surface area contributed by atoms with E-state index >= 15 is 0 Å². The van der Waals surface area contributed by atoms with Crippen LogP contribution in [-0.4, -0.2) is 35.3 Å². The molecule has 0 aromatic heterocycles. The van der Waals surface area contributed by atoms with Gasteiger partial charge in [0.25, 0.3) is 5.69 Å². The zero-order valence-corrected chi connectivity index (χ0v) is 10.3. The largest absolute Gasteiger partial charge is 0.481 e. The number of nitrogens with one attached hydrogen (secondary N) is 1. The summed E-state index contributed by atoms with van der Waals surface area (Å²) in [6.45, 7) is 2.10. The zero-order valence-electron chi connectivity index (χ0n) is 10.3. The highest BCUT2D eigenvalue weighted by Gasteiger charge is 2.35. The standard InChI is InChI=1S/C12H14N2O5/c1-7-2-3-9(11(4-7)14(17)18)13-10-6-19-5-8(10)12(15)16/h2-4,8,10,13H,5-6H2,1H3,(H,15,16). The van der Waals surface area contributed by atoms with Crippen LogP contribution >= 0.6 is 0 Å². The molecule has 102 valence electrons. The number of aryl methyl sites for hydroxylation is 1. The molecule has 0 saturated carbocycles. The van der Waals surface area contributed by atoms with Crippen LogP contribution in [0, 0.1) is 23.0 Å². The molecule has 2 unspecified atom stereocenters. The number of anilines is 1. The SMILES string of the molecule is Cc1ccc(NC2COCC2C(=O)O)c([N+](=O)[O-])c1. The zero-order chi connectivity index (χ0) is 14.0. The third kappa shape index (κ3) is 2.82. The predicted octanol–water partition coefficient (Wildman–Crippen LogP) is 1.41. The van der Waals surface area contributed by atoms with E-state index in [0.717, 1.165) is 5.56 Å². The lowest BCUT2D eigenvalue weighted by molar-refractivity contribution is -0.384. The summed E-state index contributed by atoms with van der Waals surface area (Å²) in [6.07, 6.45) is 0. The minimum absolute atomic E-state index is 0.0592. The number of benzene rings is 1. The van der Waals surface area contributed by atoms with E-state index in [2.05, 4.69) is 5.32 Å². The number of carboxylic acids is 1. The maximum atomic E-state index is 11.0. The summed E-state index contributed by atoms with van der Waals surface area (Å²) in [5.74, 6) is -1.66. The highest BCUT2D eigenvalue weighted by atomic mass is 16.6. The molecular formula is C12H14N2O5. The maximum absolute atomic E-state index is 11.0. The van der Waals surface area contributed by atoms with Crippen molar-refractivity contribution >= 4 is 17.3 Å². The van der Waals surface area contributed by atoms with E-state index in [1.54, 1.807) is 19.1 Å². The molecule has 7 nitrogen and oxygen atoms in total. The number of carbonyl (C=O) groups is 1. The van der Waals surface area contributed by atoms with Crippen molar-refractivity contribution in [1.29, 1.82) is 0 Å². The van der Waals surface area contributed by atoms with Crippen LogP contribution in [0.4, 0.5) is 11.4 Å². The molecule has 0 aliphatic carbocycles. The minimum Gasteiger partial charge on any atom is -0.481 e. The number of rotatable bonds is 4. The van der Waals surface area contributed by atoms with Gasteiger partial charge in [-0.25, -0.2) is 0 Å². The Bertz CT molecular complexity index is 517. The first-order valence-corrected chi connectivity index (χ1v) is 5.81. The number of hydrogen-bond acceptors (Lipinski definition) is 5. The number of carboxylic acid groups (broad SMARTS) is 1. The number of hydrogen-bond donors (Lipinski definition) is 2. The highest BCUT2D eigenvalue weighted by molar-refractivity contribution is 5.73. The van der Waals surface area contributed by atoms with Gasteiger partial charge in [-0.2, -0.15) is 0 Å². The molecule has 1 heterocycles. The first kappa shape index (κ1) is 13.3. The minimum atomic E-state index is -0.968. The Morgan fingerprint density at radius 2 is 2.26 bits per heavy atom. The monoisotopic (exact) mass is 266 g/mol. The second kappa shape index (κ2) is 5.23. The van der Waals surface area contributed by atoms with Gasteiger partial charge in [0, 0.05) is 6.07 Å². The van der Waals surface area contributed by atoms with E-state index in [0.29, 0.717) is 5.69 Å². The number of ether oxygens (including phenoxy) is 1. The van der Waals surface area contributed by atoms with Gasteiger partial charge in [-0.3, -0.25) is 14.9 Å². The van der Waals surface area contributed by atoms with Crippen molar-refractivity contribution in [3.05, 3.63) is 33.9 Å². The predicted molar refractivity (Wildman–Crippen MR) is 67.2 cm³/mol. The van der Waals surface area contributed by atoms with Crippen LogP contribution in [0.3, 0.4) is 0 Å². The highest BCUT2D eigenvalue weighted by Crippen LogP contribution is 2.28. The van der Waals surface area contributed by atoms with E-state index in [1.165, 1.54) is 6.07 Å². The first-order valence-electron chi connectivity index (χ1n) is 5.81. The van der Waals surface area contributed by atoms with Gasteiger partial charge in [0.05, 0.1) is 24.2 Å². The maximum Gasteiger partial charge on any atom is 0.311 e. The first-order chi connectivity index (χ1) is 8.99. The fourth-order valence-corrected chi connectivity index (χ4v) is 2.05. The third-order valence-corrected chi connectivity index (χ3v) is 3.09. The van der Waals surface area contributed by atoms with Gasteiger partial charge < -0.3 is 15.2 Å². The van der Waals surface area contributed by atoms with Crippen molar-refractivity contribution < 1.29 is 19.6 Å². The molecule has 0 spiro atoms. The number of nitrogens with zero attached hydrogens (tertiary/aromatic N) is 1. The smallest absolute Gasteiger partial charge is 0.311 e. The number of nitro benzene ring substituents is 1. The third-order valence-electron chi connectivity index (χ3n) is 3.09. The van der Waals surface area contributed by atoms with E-state index in [4.69, 9.17) is 9.84 Å². The lowest BCUT2D eigenvalue weighted by atomic mass is 10.0. The summed E-state index contributed by atoms with van der Waals surface area (Å²) < 4.78 is 5.11. The average Bonchev–Trinajstić information content (AvgIpc) is 2.79. The number of aliphatic carboxylic acids is 1. The molecule has 2 N–H and O–H groups in total. The van der Waals surface area contributed by atoms with Gasteiger partial charge in [-0.15, -0.1) is 0 Å². The Morgan fingerprint density at radius 3 is 2.89 bits per heavy atom. The van der Waals surface area contributed by atoms with Gasteiger partial charge in [0.15, 0.2) is 0 Å². The molecule has 19 heavy (non-hydrogen) atoms. The van der Waals surface area contributed by atoms with Crippen LogP contribution in [0.1, 0.15) is 5.56 Å². The van der Waals surface area contributed by atoms with E-state index in [-0.39, 0.29) is 18.9 Å². The Kier molecular flexibility index (Phi) is 3.66. The summed E-state index contributed by atoms with van der Waals surface area (Å²) in [7, 11) is 0.